The standard InChI is InChI=1S/C20H17ClN2O3S2.C2H6/c1-12-5-17-16(7-15(12)21)22-11-23(17)14-6-18(19(28-10-14)20(24)25-2)26-8-13-3-4-27-9-13;1-2/h3-7,9,11H,8,10H2,1-2H3;1-2H3. The summed E-state index contributed by atoms with van der Waals surface area (Å²) in [5, 5.41) is 4.71. The molecular weight excluding hydrogens is 440 g/mol. The third kappa shape index (κ3) is 4.74. The van der Waals surface area contributed by atoms with Crippen LogP contribution >= 0.6 is 34.7 Å². The second-order valence-corrected chi connectivity index (χ2v) is 8.41. The highest BCUT2D eigenvalue weighted by Gasteiger charge is 2.24. The minimum absolute atomic E-state index is 0.390. The number of fused-ring (bicyclic) bond motifs is 1. The quantitative estimate of drug-likeness (QED) is 0.418. The number of thiophene rings is 1. The van der Waals surface area contributed by atoms with E-state index in [2.05, 4.69) is 4.98 Å². The van der Waals surface area contributed by atoms with Crippen LogP contribution in [-0.4, -0.2) is 28.4 Å². The number of allylic oxidation sites excluding steroid dienone is 1. The molecule has 1 aliphatic heterocycles. The van der Waals surface area contributed by atoms with E-state index in [1.165, 1.54) is 18.9 Å². The van der Waals surface area contributed by atoms with Crippen LogP contribution in [0.25, 0.3) is 16.7 Å². The van der Waals surface area contributed by atoms with Gasteiger partial charge in [0.1, 0.15) is 23.6 Å². The number of hydrogen-bond acceptors (Lipinski definition) is 6. The molecule has 0 unspecified atom stereocenters. The summed E-state index contributed by atoms with van der Waals surface area (Å²) in [5.74, 6) is 0.721. The van der Waals surface area contributed by atoms with Crippen molar-refractivity contribution in [3.8, 4) is 0 Å². The van der Waals surface area contributed by atoms with Crippen molar-refractivity contribution >= 4 is 57.4 Å². The molecule has 0 spiro atoms. The Labute approximate surface area is 189 Å². The molecule has 5 nitrogen and oxygen atoms in total. The molecule has 2 aromatic heterocycles. The van der Waals surface area contributed by atoms with Gasteiger partial charge in [0.05, 0.1) is 18.1 Å². The summed E-state index contributed by atoms with van der Waals surface area (Å²) in [6, 6.07) is 5.88. The topological polar surface area (TPSA) is 53.4 Å². The first kappa shape index (κ1) is 22.5. The van der Waals surface area contributed by atoms with E-state index in [9.17, 15) is 4.79 Å². The van der Waals surface area contributed by atoms with Crippen LogP contribution in [0.4, 0.5) is 0 Å². The molecule has 0 amide bonds. The van der Waals surface area contributed by atoms with Crippen molar-refractivity contribution in [3.63, 3.8) is 0 Å². The number of nitrogens with zero attached hydrogens (tertiary/aromatic N) is 2. The van der Waals surface area contributed by atoms with Crippen molar-refractivity contribution in [1.82, 2.24) is 9.55 Å². The lowest BCUT2D eigenvalue weighted by Crippen LogP contribution is -2.13. The van der Waals surface area contributed by atoms with Crippen LogP contribution < -0.4 is 0 Å². The van der Waals surface area contributed by atoms with Gasteiger partial charge in [-0.3, -0.25) is 0 Å². The Balaban J connectivity index is 0.00000124. The fraction of sp³-hybridized carbons (Fsp3) is 0.273. The molecule has 0 bridgehead atoms. The highest BCUT2D eigenvalue weighted by molar-refractivity contribution is 8.04. The molecule has 4 rings (SSSR count). The Hall–Kier alpha value is -2.22. The molecule has 30 heavy (non-hydrogen) atoms. The van der Waals surface area contributed by atoms with Gasteiger partial charge in [0.15, 0.2) is 0 Å². The summed E-state index contributed by atoms with van der Waals surface area (Å²) in [5.41, 5.74) is 4.81. The van der Waals surface area contributed by atoms with Gasteiger partial charge >= 0.3 is 5.97 Å². The van der Waals surface area contributed by atoms with Crippen molar-refractivity contribution in [2.75, 3.05) is 12.9 Å². The summed E-state index contributed by atoms with van der Waals surface area (Å²) in [6.07, 6.45) is 3.66. The molecule has 0 N–H and O–H groups in total. The number of ether oxygens (including phenoxy) is 2. The maximum atomic E-state index is 12.2. The van der Waals surface area contributed by atoms with E-state index >= 15 is 0 Å². The highest BCUT2D eigenvalue weighted by Crippen LogP contribution is 2.35. The zero-order valence-electron chi connectivity index (χ0n) is 17.3. The fourth-order valence-electron chi connectivity index (χ4n) is 2.87. The SMILES string of the molecule is CC.COC(=O)C1=C(OCc2ccsc2)C=C(n2cnc3cc(Cl)c(C)cc32)CS1. The number of benzene rings is 1. The average Bonchev–Trinajstić information content (AvgIpc) is 3.43. The number of aryl methyl sites for hydroxylation is 1. The van der Waals surface area contributed by atoms with Crippen LogP contribution in [0.2, 0.25) is 5.02 Å². The van der Waals surface area contributed by atoms with Crippen molar-refractivity contribution < 1.29 is 14.3 Å². The summed E-state index contributed by atoms with van der Waals surface area (Å²) in [6.45, 7) is 6.36. The first-order chi connectivity index (χ1) is 14.6. The van der Waals surface area contributed by atoms with Crippen molar-refractivity contribution in [1.29, 1.82) is 0 Å². The minimum Gasteiger partial charge on any atom is -0.487 e. The van der Waals surface area contributed by atoms with Crippen LogP contribution in [-0.2, 0) is 20.9 Å². The van der Waals surface area contributed by atoms with E-state index in [-0.39, 0.29) is 0 Å². The lowest BCUT2D eigenvalue weighted by molar-refractivity contribution is -0.135. The molecule has 1 aromatic carbocycles. The van der Waals surface area contributed by atoms with Crippen LogP contribution in [0.15, 0.2) is 52.0 Å². The van der Waals surface area contributed by atoms with Gasteiger partial charge in [-0.05, 0) is 47.0 Å². The van der Waals surface area contributed by atoms with E-state index in [1.807, 2.05) is 60.4 Å². The normalized spacial score (nSPS) is 13.6. The third-order valence-electron chi connectivity index (χ3n) is 4.37. The molecule has 0 atom stereocenters. The number of aromatic nitrogens is 2. The summed E-state index contributed by atoms with van der Waals surface area (Å²) in [7, 11) is 1.38. The number of rotatable bonds is 5. The maximum absolute atomic E-state index is 12.2. The van der Waals surface area contributed by atoms with E-state index in [4.69, 9.17) is 21.1 Å². The molecule has 158 valence electrons. The predicted molar refractivity (Wildman–Crippen MR) is 126 cm³/mol. The Kier molecular flexibility index (Phi) is 7.64. The number of carbonyl (C=O) groups is 1. The lowest BCUT2D eigenvalue weighted by atomic mass is 10.2. The van der Waals surface area contributed by atoms with E-state index in [0.717, 1.165) is 27.9 Å². The molecule has 0 saturated carbocycles. The highest BCUT2D eigenvalue weighted by atomic mass is 35.5. The second-order valence-electron chi connectivity index (χ2n) is 6.23. The van der Waals surface area contributed by atoms with Crippen molar-refractivity contribution in [2.24, 2.45) is 0 Å². The Morgan fingerprint density at radius 3 is 2.83 bits per heavy atom. The smallest absolute Gasteiger partial charge is 0.348 e. The Bertz CT molecular complexity index is 1100. The number of hydrogen-bond donors (Lipinski definition) is 0. The zero-order valence-corrected chi connectivity index (χ0v) is 19.7. The number of halogens is 1. The molecule has 0 saturated heterocycles. The van der Waals surface area contributed by atoms with Gasteiger partial charge in [-0.1, -0.05) is 25.4 Å². The first-order valence-electron chi connectivity index (χ1n) is 9.50. The summed E-state index contributed by atoms with van der Waals surface area (Å²) in [4.78, 5) is 17.1. The molecule has 0 radical (unpaired) electrons. The van der Waals surface area contributed by atoms with E-state index in [0.29, 0.717) is 28.0 Å². The van der Waals surface area contributed by atoms with Crippen LogP contribution in [0, 0.1) is 6.92 Å². The van der Waals surface area contributed by atoms with Crippen molar-refractivity contribution in [2.45, 2.75) is 27.4 Å². The lowest BCUT2D eigenvalue weighted by Gasteiger charge is -2.20. The van der Waals surface area contributed by atoms with Gasteiger partial charge in [-0.15, -0.1) is 11.8 Å². The largest absolute Gasteiger partial charge is 0.487 e. The monoisotopic (exact) mass is 462 g/mol. The van der Waals surface area contributed by atoms with Gasteiger partial charge in [0.2, 0.25) is 0 Å². The van der Waals surface area contributed by atoms with Gasteiger partial charge in [0, 0.05) is 22.5 Å². The molecule has 3 aromatic rings. The molecule has 0 aliphatic carbocycles. The molecule has 0 fully saturated rings. The van der Waals surface area contributed by atoms with Crippen molar-refractivity contribution in [3.05, 3.63) is 68.2 Å². The summed E-state index contributed by atoms with van der Waals surface area (Å²) < 4.78 is 12.9. The average molecular weight is 463 g/mol. The second kappa shape index (κ2) is 10.2. The van der Waals surface area contributed by atoms with Gasteiger partial charge in [0.25, 0.3) is 0 Å². The molecular formula is C22H23ClN2O3S2. The third-order valence-corrected chi connectivity index (χ3v) is 6.60. The van der Waals surface area contributed by atoms with Gasteiger partial charge < -0.3 is 14.0 Å². The molecule has 8 heteroatoms. The number of imidazole rings is 1. The van der Waals surface area contributed by atoms with Gasteiger partial charge in [-0.2, -0.15) is 11.3 Å². The zero-order chi connectivity index (χ0) is 21.7. The summed E-state index contributed by atoms with van der Waals surface area (Å²) >= 11 is 9.23. The Morgan fingerprint density at radius 1 is 1.33 bits per heavy atom. The number of methoxy groups -OCH3 is 1. The van der Waals surface area contributed by atoms with E-state index < -0.39 is 5.97 Å². The number of esters is 1. The first-order valence-corrected chi connectivity index (χ1v) is 11.8. The predicted octanol–water partition coefficient (Wildman–Crippen LogP) is 6.27. The van der Waals surface area contributed by atoms with Gasteiger partial charge in [-0.25, -0.2) is 9.78 Å². The molecule has 1 aliphatic rings. The Morgan fingerprint density at radius 2 is 2.13 bits per heavy atom. The van der Waals surface area contributed by atoms with Crippen LogP contribution in [0.1, 0.15) is 25.0 Å². The van der Waals surface area contributed by atoms with Crippen LogP contribution in [0.5, 0.6) is 0 Å². The number of carbonyl (C=O) groups excluding carboxylic acids is 1. The number of thioether (sulfide) groups is 1. The molecule has 3 heterocycles. The maximum Gasteiger partial charge on any atom is 0.348 e. The fourth-order valence-corrected chi connectivity index (χ4v) is 4.66. The minimum atomic E-state index is -0.390. The van der Waals surface area contributed by atoms with E-state index in [1.54, 1.807) is 17.7 Å². The van der Waals surface area contributed by atoms with Crippen LogP contribution in [0.3, 0.4) is 0 Å².